The highest BCUT2D eigenvalue weighted by Crippen LogP contribution is 2.81. The highest BCUT2D eigenvalue weighted by atomic mass is 32.2. The zero-order valence-corrected chi connectivity index (χ0v) is 38.5. The number of hydrogen-bond donors (Lipinski definition) is 2. The van der Waals surface area contributed by atoms with Crippen molar-refractivity contribution in [3.8, 4) is 5.88 Å². The highest BCUT2D eigenvalue weighted by molar-refractivity contribution is 7.91. The van der Waals surface area contributed by atoms with Gasteiger partial charge in [0.15, 0.2) is 9.84 Å². The summed E-state index contributed by atoms with van der Waals surface area (Å²) in [5, 5.41) is 14.8. The Bertz CT molecular complexity index is 2000. The largest absolute Gasteiger partial charge is 0.481 e. The van der Waals surface area contributed by atoms with Crippen molar-refractivity contribution in [3.63, 3.8) is 0 Å². The third-order valence-electron chi connectivity index (χ3n) is 20.4. The summed E-state index contributed by atoms with van der Waals surface area (Å²) in [4.78, 5) is 19.4. The van der Waals surface area contributed by atoms with E-state index in [0.29, 0.717) is 49.6 Å². The van der Waals surface area contributed by atoms with Gasteiger partial charge in [0.2, 0.25) is 5.88 Å². The van der Waals surface area contributed by atoms with E-state index < -0.39 is 21.2 Å². The average Bonchev–Trinajstić information content (AvgIpc) is 3.50. The molecule has 0 bridgehead atoms. The number of fused-ring (bicyclic) bond motifs is 7. The van der Waals surface area contributed by atoms with Crippen LogP contribution in [0.25, 0.3) is 0 Å². The van der Waals surface area contributed by atoms with Crippen LogP contribution >= 0.6 is 0 Å². The first-order valence-electron chi connectivity index (χ1n) is 23.1. The fourth-order valence-electron chi connectivity index (χ4n) is 16.1. The molecular formula is C50H75N3O5S. The summed E-state index contributed by atoms with van der Waals surface area (Å²) in [6, 6.07) is 5.50. The number of carbonyl (C=O) groups is 1. The molecule has 1 saturated heterocycles. The van der Waals surface area contributed by atoms with Crippen LogP contribution in [0.4, 0.5) is 0 Å². The van der Waals surface area contributed by atoms with Crippen LogP contribution in [0.1, 0.15) is 132 Å². The average molecular weight is 830 g/mol. The molecule has 8 rings (SSSR count). The number of rotatable bonds is 10. The molecule has 0 radical (unpaired) electrons. The van der Waals surface area contributed by atoms with Gasteiger partial charge in [-0.25, -0.2) is 13.4 Å². The molecule has 59 heavy (non-hydrogen) atoms. The number of pyridine rings is 1. The van der Waals surface area contributed by atoms with E-state index >= 15 is 0 Å². The quantitative estimate of drug-likeness (QED) is 0.225. The van der Waals surface area contributed by atoms with Crippen molar-refractivity contribution in [2.45, 2.75) is 138 Å². The summed E-state index contributed by atoms with van der Waals surface area (Å²) in [6.45, 7) is 28.6. The van der Waals surface area contributed by atoms with E-state index in [9.17, 15) is 18.3 Å². The number of ether oxygens (including phenoxy) is 1. The molecule has 9 heteroatoms. The number of nitrogens with zero attached hydrogens (tertiary/aromatic N) is 2. The first-order valence-corrected chi connectivity index (χ1v) is 25.0. The molecule has 5 fully saturated rings. The molecule has 1 aromatic heterocycles. The van der Waals surface area contributed by atoms with Gasteiger partial charge in [0.1, 0.15) is 12.0 Å². The second-order valence-corrected chi connectivity index (χ2v) is 24.7. The van der Waals surface area contributed by atoms with Crippen molar-refractivity contribution in [3.05, 3.63) is 59.8 Å². The molecule has 0 amide bonds. The topological polar surface area (TPSA) is 109 Å². The lowest BCUT2D eigenvalue weighted by Gasteiger charge is -2.76. The number of aromatic nitrogens is 1. The number of sulfone groups is 1. The van der Waals surface area contributed by atoms with Gasteiger partial charge in [-0.3, -0.25) is 4.79 Å². The first kappa shape index (κ1) is 43.2. The molecule has 2 unspecified atom stereocenters. The molecule has 1 aromatic rings. The van der Waals surface area contributed by atoms with Gasteiger partial charge in [0, 0.05) is 44.0 Å². The van der Waals surface area contributed by atoms with Crippen LogP contribution in [0.5, 0.6) is 5.88 Å². The van der Waals surface area contributed by atoms with E-state index in [1.165, 1.54) is 68.1 Å². The fourth-order valence-corrected chi connectivity index (χ4v) is 17.4. The summed E-state index contributed by atoms with van der Waals surface area (Å²) in [5.41, 5.74) is 3.94. The van der Waals surface area contributed by atoms with Gasteiger partial charge in [0.05, 0.1) is 11.5 Å². The number of allylic oxidation sites excluding steroid dienone is 5. The van der Waals surface area contributed by atoms with Gasteiger partial charge in [-0.15, -0.1) is 0 Å². The molecular weight excluding hydrogens is 755 g/mol. The van der Waals surface area contributed by atoms with E-state index in [1.807, 2.05) is 12.1 Å². The summed E-state index contributed by atoms with van der Waals surface area (Å²) in [7, 11) is -2.89. The summed E-state index contributed by atoms with van der Waals surface area (Å²) < 4.78 is 30.3. The molecule has 6 aliphatic carbocycles. The standard InChI is InChI=1S/C50H75N3O5S/c1-35(2)37-18-22-50(52-28-29-53-30-32-59(56,57)33-31-53)26-24-45(6)40(48(37,50)9)14-13-39-44(45,5)23-25-47(8)43(3,4)38(17-19-46(39,47)7)36-15-20-49(21-16-36,42(54)55)34-58-41-12-10-11-27-51-41/h10-12,15,17,27,37,39-40,52H,1,13-14,16,18-26,28-34H2,2-9H3,(H,54,55)/t37-,39?,40-,44+,45+,46+,47-,48+,49?,50-/m0/s1. The Morgan fingerprint density at radius 3 is 2.24 bits per heavy atom. The van der Waals surface area contributed by atoms with Crippen LogP contribution in [-0.4, -0.2) is 79.2 Å². The van der Waals surface area contributed by atoms with Crippen molar-refractivity contribution in [2.24, 2.45) is 55.7 Å². The van der Waals surface area contributed by atoms with Crippen LogP contribution in [-0.2, 0) is 14.6 Å². The number of carboxylic acid groups (broad SMARTS) is 1. The maximum Gasteiger partial charge on any atom is 0.313 e. The Kier molecular flexibility index (Phi) is 10.6. The van der Waals surface area contributed by atoms with E-state index in [-0.39, 0.29) is 56.1 Å². The predicted octanol–water partition coefficient (Wildman–Crippen LogP) is 9.69. The molecule has 10 atom stereocenters. The number of nitrogens with one attached hydrogen (secondary N) is 1. The lowest BCUT2D eigenvalue weighted by atomic mass is 9.28. The monoisotopic (exact) mass is 830 g/mol. The van der Waals surface area contributed by atoms with Crippen LogP contribution in [0.3, 0.4) is 0 Å². The van der Waals surface area contributed by atoms with Gasteiger partial charge in [-0.05, 0) is 151 Å². The zero-order chi connectivity index (χ0) is 42.5. The molecule has 2 heterocycles. The minimum Gasteiger partial charge on any atom is -0.481 e. The smallest absolute Gasteiger partial charge is 0.313 e. The summed E-state index contributed by atoms with van der Waals surface area (Å²) in [5.74, 6) is 1.96. The maximum absolute atomic E-state index is 12.8. The van der Waals surface area contributed by atoms with Crippen molar-refractivity contribution in [1.82, 2.24) is 15.2 Å². The Morgan fingerprint density at radius 1 is 0.898 bits per heavy atom. The molecule has 8 nitrogen and oxygen atoms in total. The third kappa shape index (κ3) is 6.25. The molecule has 2 N–H and O–H groups in total. The second-order valence-electron chi connectivity index (χ2n) is 22.4. The van der Waals surface area contributed by atoms with E-state index in [1.54, 1.807) is 12.3 Å². The Labute approximate surface area is 356 Å². The van der Waals surface area contributed by atoms with Crippen LogP contribution in [0, 0.1) is 55.7 Å². The van der Waals surface area contributed by atoms with Gasteiger partial charge < -0.3 is 20.1 Å². The van der Waals surface area contributed by atoms with Crippen LogP contribution in [0.2, 0.25) is 0 Å². The van der Waals surface area contributed by atoms with Crippen molar-refractivity contribution >= 4 is 15.8 Å². The lowest BCUT2D eigenvalue weighted by molar-refractivity contribution is -0.261. The second kappa shape index (κ2) is 14.5. The van der Waals surface area contributed by atoms with E-state index in [4.69, 9.17) is 4.74 Å². The lowest BCUT2D eigenvalue weighted by Crippen LogP contribution is -2.72. The summed E-state index contributed by atoms with van der Waals surface area (Å²) in [6.07, 6.45) is 19.2. The normalized spacial score (nSPS) is 43.8. The van der Waals surface area contributed by atoms with Crippen molar-refractivity contribution in [2.75, 3.05) is 44.3 Å². The first-order chi connectivity index (χ1) is 27.6. The van der Waals surface area contributed by atoms with Gasteiger partial charge >= 0.3 is 5.97 Å². The SMILES string of the molecule is C=C(C)[C@@H]1CC[C@]2(NCCN3CCS(=O)(=O)CC3)CC[C@]3(C)[C@H](CCC4[C@@]5(C)CC=C(C6=CCC(COc7ccccn7)(C(=O)O)CC6)C(C)(C)[C@]5(C)CC[C@]43C)[C@@]12C. The molecule has 0 aromatic carbocycles. The van der Waals surface area contributed by atoms with E-state index in [2.05, 4.69) is 89.3 Å². The molecule has 0 spiro atoms. The molecule has 7 aliphatic rings. The van der Waals surface area contributed by atoms with Gasteiger partial charge in [-0.1, -0.05) is 78.8 Å². The van der Waals surface area contributed by atoms with Gasteiger partial charge in [0.25, 0.3) is 0 Å². The zero-order valence-electron chi connectivity index (χ0n) is 37.7. The van der Waals surface area contributed by atoms with Crippen LogP contribution < -0.4 is 10.1 Å². The molecule has 1 aliphatic heterocycles. The highest BCUT2D eigenvalue weighted by Gasteiger charge is 2.75. The van der Waals surface area contributed by atoms with Crippen molar-refractivity contribution < 1.29 is 23.1 Å². The van der Waals surface area contributed by atoms with E-state index in [0.717, 1.165) is 25.9 Å². The predicted molar refractivity (Wildman–Crippen MR) is 237 cm³/mol. The number of aliphatic carboxylic acids is 1. The fraction of sp³-hybridized carbons (Fsp3) is 0.760. The van der Waals surface area contributed by atoms with Crippen LogP contribution in [0.15, 0.2) is 59.8 Å². The maximum atomic E-state index is 12.8. The Hall–Kier alpha value is -2.49. The third-order valence-corrected chi connectivity index (χ3v) is 22.0. The molecule has 326 valence electrons. The molecule has 4 saturated carbocycles. The number of carboxylic acids is 1. The van der Waals surface area contributed by atoms with Crippen molar-refractivity contribution in [1.29, 1.82) is 0 Å². The summed E-state index contributed by atoms with van der Waals surface area (Å²) >= 11 is 0. The Morgan fingerprint density at radius 2 is 1.59 bits per heavy atom. The minimum absolute atomic E-state index is 0.0642. The number of hydrogen-bond acceptors (Lipinski definition) is 7. The Balaban J connectivity index is 1.05. The van der Waals surface area contributed by atoms with Gasteiger partial charge in [-0.2, -0.15) is 0 Å². The minimum atomic E-state index is -2.89.